The summed E-state index contributed by atoms with van der Waals surface area (Å²) in [5.74, 6) is -0.956. The molecule has 0 unspecified atom stereocenters. The minimum Gasteiger partial charge on any atom is -0.476 e. The average molecular weight is 286 g/mol. The van der Waals surface area contributed by atoms with Gasteiger partial charge in [0.2, 0.25) is 5.01 Å². The second kappa shape index (κ2) is 8.24. The lowest BCUT2D eigenvalue weighted by atomic mass is 10.1. The second-order valence-electron chi connectivity index (χ2n) is 4.38. The fourth-order valence-corrected chi connectivity index (χ4v) is 2.74. The molecule has 0 saturated heterocycles. The van der Waals surface area contributed by atoms with E-state index in [1.54, 1.807) is 7.11 Å². The molecule has 0 atom stereocenters. The Morgan fingerprint density at radius 3 is 2.68 bits per heavy atom. The number of methoxy groups -OCH3 is 1. The molecular weight excluding hydrogens is 264 g/mol. The summed E-state index contributed by atoms with van der Waals surface area (Å²) in [5, 5.41) is 10.9. The first-order chi connectivity index (χ1) is 9.12. The van der Waals surface area contributed by atoms with Crippen molar-refractivity contribution < 1.29 is 14.6 Å². The van der Waals surface area contributed by atoms with Crippen LogP contribution in [0, 0.1) is 0 Å². The summed E-state index contributed by atoms with van der Waals surface area (Å²) in [6.45, 7) is 6.52. The van der Waals surface area contributed by atoms with Crippen molar-refractivity contribution >= 4 is 17.3 Å². The molecule has 0 spiro atoms. The normalized spacial score (nSPS) is 11.4. The van der Waals surface area contributed by atoms with E-state index < -0.39 is 5.97 Å². The molecule has 5 nitrogen and oxygen atoms in total. The number of nitrogens with zero attached hydrogens (tertiary/aromatic N) is 2. The number of rotatable bonds is 9. The molecule has 0 radical (unpaired) electrons. The smallest absolute Gasteiger partial charge is 0.365 e. The van der Waals surface area contributed by atoms with Crippen LogP contribution in [0.5, 0.6) is 0 Å². The lowest BCUT2D eigenvalue weighted by molar-refractivity contribution is 0.0695. The van der Waals surface area contributed by atoms with Gasteiger partial charge >= 0.3 is 5.97 Å². The number of aromatic carboxylic acids is 1. The summed E-state index contributed by atoms with van der Waals surface area (Å²) >= 11 is 1.18. The van der Waals surface area contributed by atoms with Gasteiger partial charge in [0.15, 0.2) is 0 Å². The maximum absolute atomic E-state index is 10.8. The van der Waals surface area contributed by atoms with Gasteiger partial charge < -0.3 is 9.84 Å². The minimum absolute atomic E-state index is 0.159. The molecule has 1 aromatic heterocycles. The van der Waals surface area contributed by atoms with Crippen molar-refractivity contribution in [1.82, 2.24) is 9.88 Å². The summed E-state index contributed by atoms with van der Waals surface area (Å²) in [6, 6.07) is 0.477. The quantitative estimate of drug-likeness (QED) is 0.755. The van der Waals surface area contributed by atoms with Crippen LogP contribution in [-0.4, -0.2) is 47.3 Å². The standard InChI is InChI=1S/C13H22N2O3S/c1-4-11(5-2)15(6-7-18-3)8-10-9-19-12(14-10)13(16)17/h9,11H,4-8H2,1-3H3,(H,16,17). The zero-order chi connectivity index (χ0) is 14.3. The van der Waals surface area contributed by atoms with E-state index in [1.165, 1.54) is 11.3 Å². The maximum atomic E-state index is 10.8. The van der Waals surface area contributed by atoms with Crippen LogP contribution >= 0.6 is 11.3 Å². The van der Waals surface area contributed by atoms with Crippen LogP contribution in [0.25, 0.3) is 0 Å². The highest BCUT2D eigenvalue weighted by atomic mass is 32.1. The summed E-state index contributed by atoms with van der Waals surface area (Å²) in [4.78, 5) is 17.3. The van der Waals surface area contributed by atoms with Gasteiger partial charge in [0, 0.05) is 31.6 Å². The third kappa shape index (κ3) is 4.89. The van der Waals surface area contributed by atoms with Gasteiger partial charge in [-0.3, -0.25) is 4.90 Å². The van der Waals surface area contributed by atoms with Crippen molar-refractivity contribution in [3.8, 4) is 0 Å². The first-order valence-electron chi connectivity index (χ1n) is 6.53. The summed E-state index contributed by atoms with van der Waals surface area (Å²) in [7, 11) is 1.69. The number of carboxylic acid groups (broad SMARTS) is 1. The fraction of sp³-hybridized carbons (Fsp3) is 0.692. The van der Waals surface area contributed by atoms with E-state index in [2.05, 4.69) is 23.7 Å². The van der Waals surface area contributed by atoms with Crippen LogP contribution in [0.1, 0.15) is 42.2 Å². The molecule has 0 aliphatic heterocycles. The first-order valence-corrected chi connectivity index (χ1v) is 7.40. The van der Waals surface area contributed by atoms with E-state index in [-0.39, 0.29) is 5.01 Å². The zero-order valence-corrected chi connectivity index (χ0v) is 12.6. The third-order valence-corrected chi connectivity index (χ3v) is 4.02. The van der Waals surface area contributed by atoms with Crippen LogP contribution in [0.3, 0.4) is 0 Å². The van der Waals surface area contributed by atoms with E-state index in [1.807, 2.05) is 5.38 Å². The Morgan fingerprint density at radius 1 is 1.53 bits per heavy atom. The van der Waals surface area contributed by atoms with Gasteiger partial charge in [0.1, 0.15) is 0 Å². The number of thiazole rings is 1. The molecule has 19 heavy (non-hydrogen) atoms. The Hall–Kier alpha value is -0.980. The summed E-state index contributed by atoms with van der Waals surface area (Å²) < 4.78 is 5.14. The van der Waals surface area contributed by atoms with Crippen molar-refractivity contribution in [1.29, 1.82) is 0 Å². The SMILES string of the molecule is CCC(CC)N(CCOC)Cc1csc(C(=O)O)n1. The van der Waals surface area contributed by atoms with Crippen molar-refractivity contribution in [3.63, 3.8) is 0 Å². The molecule has 0 bridgehead atoms. The van der Waals surface area contributed by atoms with Gasteiger partial charge in [-0.25, -0.2) is 9.78 Å². The van der Waals surface area contributed by atoms with Gasteiger partial charge in [0.05, 0.1) is 12.3 Å². The van der Waals surface area contributed by atoms with E-state index in [0.717, 1.165) is 25.1 Å². The Bertz CT molecular complexity index is 391. The molecular formula is C13H22N2O3S. The average Bonchev–Trinajstić information content (AvgIpc) is 2.85. The molecule has 6 heteroatoms. The van der Waals surface area contributed by atoms with Crippen LogP contribution in [0.2, 0.25) is 0 Å². The first kappa shape index (κ1) is 16.1. The zero-order valence-electron chi connectivity index (χ0n) is 11.8. The summed E-state index contributed by atoms with van der Waals surface area (Å²) in [5.41, 5.74) is 0.824. The molecule has 108 valence electrons. The van der Waals surface area contributed by atoms with Gasteiger partial charge in [-0.1, -0.05) is 13.8 Å². The van der Waals surface area contributed by atoms with Crippen molar-refractivity contribution in [2.45, 2.75) is 39.3 Å². The number of hydrogen-bond donors (Lipinski definition) is 1. The van der Waals surface area contributed by atoms with Gasteiger partial charge in [-0.05, 0) is 12.8 Å². The molecule has 0 aliphatic rings. The lowest BCUT2D eigenvalue weighted by Gasteiger charge is -2.29. The van der Waals surface area contributed by atoms with Crippen molar-refractivity contribution in [2.24, 2.45) is 0 Å². The number of carbonyl (C=O) groups is 1. The lowest BCUT2D eigenvalue weighted by Crippen LogP contribution is -2.36. The molecule has 1 N–H and O–H groups in total. The van der Waals surface area contributed by atoms with E-state index in [0.29, 0.717) is 19.2 Å². The summed E-state index contributed by atoms with van der Waals surface area (Å²) in [6.07, 6.45) is 2.13. The Kier molecular flexibility index (Phi) is 6.97. The molecule has 1 rings (SSSR count). The predicted octanol–water partition coefficient (Wildman–Crippen LogP) is 2.48. The largest absolute Gasteiger partial charge is 0.476 e. The van der Waals surface area contributed by atoms with Crippen LogP contribution < -0.4 is 0 Å². The highest BCUT2D eigenvalue weighted by Crippen LogP contribution is 2.16. The van der Waals surface area contributed by atoms with Crippen molar-refractivity contribution in [2.75, 3.05) is 20.3 Å². The molecule has 0 aliphatic carbocycles. The molecule has 0 saturated carbocycles. The highest BCUT2D eigenvalue weighted by molar-refractivity contribution is 7.11. The minimum atomic E-state index is -0.956. The van der Waals surface area contributed by atoms with Gasteiger partial charge in [0.25, 0.3) is 0 Å². The van der Waals surface area contributed by atoms with Crippen molar-refractivity contribution in [3.05, 3.63) is 16.1 Å². The number of hydrogen-bond acceptors (Lipinski definition) is 5. The number of ether oxygens (including phenoxy) is 1. The van der Waals surface area contributed by atoms with Crippen LogP contribution in [-0.2, 0) is 11.3 Å². The Balaban J connectivity index is 2.71. The molecule has 1 aromatic rings. The van der Waals surface area contributed by atoms with E-state index in [4.69, 9.17) is 9.84 Å². The maximum Gasteiger partial charge on any atom is 0.365 e. The molecule has 0 fully saturated rings. The van der Waals surface area contributed by atoms with E-state index in [9.17, 15) is 4.79 Å². The highest BCUT2D eigenvalue weighted by Gasteiger charge is 2.17. The second-order valence-corrected chi connectivity index (χ2v) is 5.24. The number of aromatic nitrogens is 1. The Labute approximate surface area is 118 Å². The molecule has 0 aromatic carbocycles. The van der Waals surface area contributed by atoms with E-state index >= 15 is 0 Å². The topological polar surface area (TPSA) is 62.7 Å². The predicted molar refractivity (Wildman–Crippen MR) is 75.7 cm³/mol. The number of carboxylic acids is 1. The Morgan fingerprint density at radius 2 is 2.21 bits per heavy atom. The third-order valence-electron chi connectivity index (χ3n) is 3.14. The van der Waals surface area contributed by atoms with Crippen LogP contribution in [0.4, 0.5) is 0 Å². The van der Waals surface area contributed by atoms with Gasteiger partial charge in [-0.2, -0.15) is 0 Å². The van der Waals surface area contributed by atoms with Gasteiger partial charge in [-0.15, -0.1) is 11.3 Å². The monoisotopic (exact) mass is 286 g/mol. The molecule has 0 amide bonds. The molecule has 1 heterocycles. The fourth-order valence-electron chi connectivity index (χ4n) is 2.09. The van der Waals surface area contributed by atoms with Crippen LogP contribution in [0.15, 0.2) is 5.38 Å².